The van der Waals surface area contributed by atoms with Gasteiger partial charge in [-0.05, 0) is 25.7 Å². The first kappa shape index (κ1) is 18.3. The molecule has 2 saturated carbocycles. The summed E-state index contributed by atoms with van der Waals surface area (Å²) >= 11 is 0. The maximum absolute atomic E-state index is 10.4. The summed E-state index contributed by atoms with van der Waals surface area (Å²) in [6.07, 6.45) is 20.1. The van der Waals surface area contributed by atoms with Crippen molar-refractivity contribution in [2.45, 2.75) is 103 Å². The first-order valence-electron chi connectivity index (χ1n) is 10.0. The second-order valence-corrected chi connectivity index (χ2v) is 8.12. The molecule has 2 fully saturated rings. The van der Waals surface area contributed by atoms with Crippen LogP contribution in [0.4, 0.5) is 0 Å². The minimum Gasteiger partial charge on any atom is -0.396 e. The Labute approximate surface area is 137 Å². The van der Waals surface area contributed by atoms with Crippen molar-refractivity contribution in [1.29, 1.82) is 0 Å². The van der Waals surface area contributed by atoms with Gasteiger partial charge in [-0.1, -0.05) is 77.0 Å². The molecule has 0 amide bonds. The predicted octanol–water partition coefficient (Wildman–Crippen LogP) is 5.21. The molecule has 0 atom stereocenters. The highest BCUT2D eigenvalue weighted by Crippen LogP contribution is 2.53. The summed E-state index contributed by atoms with van der Waals surface area (Å²) in [4.78, 5) is 0. The van der Waals surface area contributed by atoms with Gasteiger partial charge in [0.25, 0.3) is 0 Å². The molecule has 0 unspecified atom stereocenters. The molecule has 0 aliphatic heterocycles. The summed E-state index contributed by atoms with van der Waals surface area (Å²) in [7, 11) is 0. The van der Waals surface area contributed by atoms with E-state index in [0.717, 1.165) is 25.7 Å². The Hall–Kier alpha value is -0.0800. The number of hydrogen-bond donors (Lipinski definition) is 2. The number of hydrogen-bond acceptors (Lipinski definition) is 2. The van der Waals surface area contributed by atoms with Crippen molar-refractivity contribution >= 4 is 0 Å². The topological polar surface area (TPSA) is 40.5 Å². The highest BCUT2D eigenvalue weighted by molar-refractivity contribution is 4.98. The van der Waals surface area contributed by atoms with Crippen LogP contribution in [-0.4, -0.2) is 23.4 Å². The zero-order chi connectivity index (χ0) is 15.7. The van der Waals surface area contributed by atoms with E-state index in [1.165, 1.54) is 77.0 Å². The Balaban J connectivity index is 2.22. The van der Waals surface area contributed by atoms with Gasteiger partial charge < -0.3 is 10.2 Å². The molecule has 2 nitrogen and oxygen atoms in total. The van der Waals surface area contributed by atoms with E-state index in [0.29, 0.717) is 0 Å². The van der Waals surface area contributed by atoms with Crippen molar-refractivity contribution in [1.82, 2.24) is 0 Å². The second kappa shape index (κ2) is 9.27. The summed E-state index contributed by atoms with van der Waals surface area (Å²) in [5.74, 6) is 0. The summed E-state index contributed by atoms with van der Waals surface area (Å²) in [5.41, 5.74) is -0.0349. The quantitative estimate of drug-likeness (QED) is 0.751. The van der Waals surface area contributed by atoms with E-state index in [2.05, 4.69) is 0 Å². The lowest BCUT2D eigenvalue weighted by atomic mass is 9.56. The molecule has 2 rings (SSSR count). The molecule has 2 aliphatic carbocycles. The molecule has 2 heteroatoms. The smallest absolute Gasteiger partial charge is 0.0493 e. The van der Waals surface area contributed by atoms with Gasteiger partial charge in [0.15, 0.2) is 0 Å². The fraction of sp³-hybridized carbons (Fsp3) is 1.00. The standard InChI is InChI=1S/C20H38O2/c21-17-19(13-9-5-1-2-6-10-14-19)20(18-22)15-11-7-3-4-8-12-16-20/h21-22H,1-18H2. The van der Waals surface area contributed by atoms with Gasteiger partial charge in [-0.3, -0.25) is 0 Å². The zero-order valence-corrected chi connectivity index (χ0v) is 14.6. The van der Waals surface area contributed by atoms with Crippen LogP contribution in [0.1, 0.15) is 103 Å². The average Bonchev–Trinajstić information content (AvgIpc) is 2.75. The normalized spacial score (nSPS) is 27.5. The van der Waals surface area contributed by atoms with Gasteiger partial charge >= 0.3 is 0 Å². The van der Waals surface area contributed by atoms with Crippen LogP contribution in [0.25, 0.3) is 0 Å². The van der Waals surface area contributed by atoms with Crippen LogP contribution in [0.2, 0.25) is 0 Å². The first-order chi connectivity index (χ1) is 10.8. The Kier molecular flexibility index (Phi) is 7.70. The van der Waals surface area contributed by atoms with Crippen molar-refractivity contribution in [3.63, 3.8) is 0 Å². The van der Waals surface area contributed by atoms with Crippen LogP contribution in [0.3, 0.4) is 0 Å². The van der Waals surface area contributed by atoms with E-state index in [-0.39, 0.29) is 24.0 Å². The molecule has 130 valence electrons. The van der Waals surface area contributed by atoms with Gasteiger partial charge in [-0.15, -0.1) is 0 Å². The summed E-state index contributed by atoms with van der Waals surface area (Å²) < 4.78 is 0. The molecule has 22 heavy (non-hydrogen) atoms. The monoisotopic (exact) mass is 310 g/mol. The van der Waals surface area contributed by atoms with Gasteiger partial charge in [-0.2, -0.15) is 0 Å². The molecule has 0 spiro atoms. The van der Waals surface area contributed by atoms with Gasteiger partial charge in [0.05, 0.1) is 0 Å². The van der Waals surface area contributed by atoms with Crippen LogP contribution in [0.5, 0.6) is 0 Å². The number of rotatable bonds is 3. The van der Waals surface area contributed by atoms with Crippen molar-refractivity contribution in [2.24, 2.45) is 10.8 Å². The van der Waals surface area contributed by atoms with Crippen LogP contribution in [0.15, 0.2) is 0 Å². The molecule has 0 saturated heterocycles. The zero-order valence-electron chi connectivity index (χ0n) is 14.6. The second-order valence-electron chi connectivity index (χ2n) is 8.12. The summed E-state index contributed by atoms with van der Waals surface area (Å²) in [6, 6.07) is 0. The third-order valence-corrected chi connectivity index (χ3v) is 6.85. The van der Waals surface area contributed by atoms with Gasteiger partial charge in [-0.25, -0.2) is 0 Å². The lowest BCUT2D eigenvalue weighted by molar-refractivity contribution is -0.0833. The maximum atomic E-state index is 10.4. The maximum Gasteiger partial charge on any atom is 0.0493 e. The Morgan fingerprint density at radius 2 is 0.636 bits per heavy atom. The molecular formula is C20H38O2. The summed E-state index contributed by atoms with van der Waals surface area (Å²) in [5, 5.41) is 20.8. The molecule has 2 aliphatic rings. The third kappa shape index (κ3) is 4.26. The van der Waals surface area contributed by atoms with Gasteiger partial charge in [0.1, 0.15) is 0 Å². The molecule has 0 aromatic heterocycles. The fourth-order valence-electron chi connectivity index (χ4n) is 5.23. The van der Waals surface area contributed by atoms with Gasteiger partial charge in [0, 0.05) is 24.0 Å². The Morgan fingerprint density at radius 3 is 0.864 bits per heavy atom. The fourth-order valence-corrected chi connectivity index (χ4v) is 5.23. The molecule has 0 radical (unpaired) electrons. The van der Waals surface area contributed by atoms with E-state index in [1.807, 2.05) is 0 Å². The molecule has 0 aromatic rings. The minimum atomic E-state index is -0.0174. The van der Waals surface area contributed by atoms with Crippen molar-refractivity contribution in [3.05, 3.63) is 0 Å². The van der Waals surface area contributed by atoms with E-state index in [9.17, 15) is 10.2 Å². The highest BCUT2D eigenvalue weighted by atomic mass is 16.3. The number of aliphatic hydroxyl groups is 2. The molecule has 2 N–H and O–H groups in total. The van der Waals surface area contributed by atoms with E-state index < -0.39 is 0 Å². The largest absolute Gasteiger partial charge is 0.396 e. The predicted molar refractivity (Wildman–Crippen MR) is 92.9 cm³/mol. The molecule has 0 bridgehead atoms. The highest BCUT2D eigenvalue weighted by Gasteiger charge is 2.48. The molecular weight excluding hydrogens is 272 g/mol. The first-order valence-corrected chi connectivity index (χ1v) is 10.0. The summed E-state index contributed by atoms with van der Waals surface area (Å²) in [6.45, 7) is 0.571. The van der Waals surface area contributed by atoms with E-state index in [1.54, 1.807) is 0 Å². The van der Waals surface area contributed by atoms with Crippen molar-refractivity contribution < 1.29 is 10.2 Å². The number of aliphatic hydroxyl groups excluding tert-OH is 2. The van der Waals surface area contributed by atoms with Crippen LogP contribution < -0.4 is 0 Å². The van der Waals surface area contributed by atoms with Crippen LogP contribution in [-0.2, 0) is 0 Å². The van der Waals surface area contributed by atoms with E-state index in [4.69, 9.17) is 0 Å². The third-order valence-electron chi connectivity index (χ3n) is 6.85. The van der Waals surface area contributed by atoms with Crippen LogP contribution in [0, 0.1) is 10.8 Å². The lowest BCUT2D eigenvalue weighted by Crippen LogP contribution is -2.47. The minimum absolute atomic E-state index is 0.0174. The average molecular weight is 311 g/mol. The molecule has 0 heterocycles. The van der Waals surface area contributed by atoms with Crippen molar-refractivity contribution in [2.75, 3.05) is 13.2 Å². The van der Waals surface area contributed by atoms with E-state index >= 15 is 0 Å². The Morgan fingerprint density at radius 1 is 0.409 bits per heavy atom. The Bertz CT molecular complexity index is 250. The molecule has 0 aromatic carbocycles. The lowest BCUT2D eigenvalue weighted by Gasteiger charge is -2.50. The van der Waals surface area contributed by atoms with Crippen LogP contribution >= 0.6 is 0 Å². The SMILES string of the molecule is OCC1(C2(CO)CCCCCCCC2)CCCCCCCC1. The van der Waals surface area contributed by atoms with Gasteiger partial charge in [0.2, 0.25) is 0 Å². The van der Waals surface area contributed by atoms with Crippen molar-refractivity contribution in [3.8, 4) is 0 Å².